The molecule has 1 heterocycles. The molecule has 1 atom stereocenters. The third kappa shape index (κ3) is 3.67. The van der Waals surface area contributed by atoms with E-state index >= 15 is 0 Å². The molecule has 0 saturated heterocycles. The third-order valence-corrected chi connectivity index (χ3v) is 2.64. The number of hydrogen-bond acceptors (Lipinski definition) is 3. The van der Waals surface area contributed by atoms with Gasteiger partial charge in [0.05, 0.1) is 5.56 Å². The van der Waals surface area contributed by atoms with Gasteiger partial charge in [0.1, 0.15) is 10.6 Å². The largest absolute Gasteiger partial charge is 0.480 e. The standard InChI is InChI=1S/C11H11BrN2O3/c1-2-4-8(11(16)17)14-10(15)7-5-3-6-13-9(7)12/h2-3,5-6,8H,1,4H2,(H,14,15)(H,16,17). The van der Waals surface area contributed by atoms with Gasteiger partial charge in [-0.15, -0.1) is 6.58 Å². The van der Waals surface area contributed by atoms with Crippen molar-refractivity contribution < 1.29 is 14.7 Å². The van der Waals surface area contributed by atoms with Crippen LogP contribution in [0.25, 0.3) is 0 Å². The highest BCUT2D eigenvalue weighted by Crippen LogP contribution is 2.12. The van der Waals surface area contributed by atoms with E-state index in [1.807, 2.05) is 0 Å². The molecular weight excluding hydrogens is 288 g/mol. The molecule has 1 rings (SSSR count). The summed E-state index contributed by atoms with van der Waals surface area (Å²) in [6.07, 6.45) is 3.13. The number of amides is 1. The van der Waals surface area contributed by atoms with Crippen LogP contribution in [0.2, 0.25) is 0 Å². The van der Waals surface area contributed by atoms with Gasteiger partial charge in [-0.1, -0.05) is 6.08 Å². The highest BCUT2D eigenvalue weighted by Gasteiger charge is 2.20. The second-order valence-corrected chi connectivity index (χ2v) is 3.98. The van der Waals surface area contributed by atoms with Gasteiger partial charge in [-0.2, -0.15) is 0 Å². The van der Waals surface area contributed by atoms with Gasteiger partial charge in [0.25, 0.3) is 5.91 Å². The summed E-state index contributed by atoms with van der Waals surface area (Å²) in [5.74, 6) is -1.59. The predicted octanol–water partition coefficient (Wildman–Crippen LogP) is 1.60. The van der Waals surface area contributed by atoms with Crippen LogP contribution in [0.1, 0.15) is 16.8 Å². The Morgan fingerprint density at radius 2 is 2.35 bits per heavy atom. The van der Waals surface area contributed by atoms with E-state index < -0.39 is 17.9 Å². The fourth-order valence-electron chi connectivity index (χ4n) is 1.18. The molecule has 1 aromatic heterocycles. The van der Waals surface area contributed by atoms with Crippen LogP contribution in [0.4, 0.5) is 0 Å². The van der Waals surface area contributed by atoms with Crippen molar-refractivity contribution in [2.45, 2.75) is 12.5 Å². The zero-order valence-electron chi connectivity index (χ0n) is 8.89. The van der Waals surface area contributed by atoms with Crippen LogP contribution in [0.5, 0.6) is 0 Å². The lowest BCUT2D eigenvalue weighted by Gasteiger charge is -2.12. The Bertz CT molecular complexity index is 448. The molecule has 0 spiro atoms. The van der Waals surface area contributed by atoms with E-state index in [0.717, 1.165) is 0 Å². The number of carbonyl (C=O) groups excluding carboxylic acids is 1. The average molecular weight is 299 g/mol. The zero-order chi connectivity index (χ0) is 12.8. The predicted molar refractivity (Wildman–Crippen MR) is 65.6 cm³/mol. The summed E-state index contributed by atoms with van der Waals surface area (Å²) in [4.78, 5) is 26.5. The Hall–Kier alpha value is -1.69. The number of hydrogen-bond donors (Lipinski definition) is 2. The Labute approximate surface area is 107 Å². The number of aliphatic carboxylic acids is 1. The molecular formula is C11H11BrN2O3. The number of rotatable bonds is 5. The van der Waals surface area contributed by atoms with Crippen molar-refractivity contribution in [2.75, 3.05) is 0 Å². The van der Waals surface area contributed by atoms with Crippen molar-refractivity contribution in [2.24, 2.45) is 0 Å². The van der Waals surface area contributed by atoms with Gasteiger partial charge >= 0.3 is 5.97 Å². The highest BCUT2D eigenvalue weighted by atomic mass is 79.9. The van der Waals surface area contributed by atoms with Crippen LogP contribution in [0, 0.1) is 0 Å². The molecule has 5 nitrogen and oxygen atoms in total. The van der Waals surface area contributed by atoms with E-state index in [0.29, 0.717) is 10.2 Å². The fraction of sp³-hybridized carbons (Fsp3) is 0.182. The van der Waals surface area contributed by atoms with Crippen LogP contribution >= 0.6 is 15.9 Å². The summed E-state index contributed by atoms with van der Waals surface area (Å²) in [6.45, 7) is 3.44. The molecule has 0 aliphatic heterocycles. The summed E-state index contributed by atoms with van der Waals surface area (Å²) in [5, 5.41) is 11.3. The fourth-order valence-corrected chi connectivity index (χ4v) is 1.61. The molecule has 0 aliphatic carbocycles. The van der Waals surface area contributed by atoms with Crippen LogP contribution in [-0.2, 0) is 4.79 Å². The van der Waals surface area contributed by atoms with Crippen molar-refractivity contribution >= 4 is 27.8 Å². The Morgan fingerprint density at radius 1 is 1.65 bits per heavy atom. The first-order chi connectivity index (χ1) is 8.06. The number of carboxylic acid groups (broad SMARTS) is 1. The maximum absolute atomic E-state index is 11.8. The molecule has 0 radical (unpaired) electrons. The smallest absolute Gasteiger partial charge is 0.326 e. The lowest BCUT2D eigenvalue weighted by Crippen LogP contribution is -2.40. The van der Waals surface area contributed by atoms with Crippen LogP contribution in [0.3, 0.4) is 0 Å². The van der Waals surface area contributed by atoms with Crippen molar-refractivity contribution in [1.82, 2.24) is 10.3 Å². The number of halogens is 1. The van der Waals surface area contributed by atoms with E-state index in [1.165, 1.54) is 12.3 Å². The molecule has 0 fully saturated rings. The maximum Gasteiger partial charge on any atom is 0.326 e. The molecule has 6 heteroatoms. The molecule has 2 N–H and O–H groups in total. The van der Waals surface area contributed by atoms with Crippen molar-refractivity contribution in [1.29, 1.82) is 0 Å². The summed E-state index contributed by atoms with van der Waals surface area (Å²) < 4.78 is 0.375. The Balaban J connectivity index is 2.81. The topological polar surface area (TPSA) is 79.3 Å². The summed E-state index contributed by atoms with van der Waals surface area (Å²) >= 11 is 3.12. The normalized spacial score (nSPS) is 11.6. The Kier molecular flexibility index (Phi) is 4.84. The lowest BCUT2D eigenvalue weighted by atomic mass is 10.2. The van der Waals surface area contributed by atoms with Gasteiger partial charge in [0.15, 0.2) is 0 Å². The number of aromatic nitrogens is 1. The quantitative estimate of drug-likeness (QED) is 0.639. The van der Waals surface area contributed by atoms with Gasteiger partial charge in [-0.05, 0) is 34.5 Å². The molecule has 0 aliphatic rings. The van der Waals surface area contributed by atoms with E-state index in [-0.39, 0.29) is 6.42 Å². The number of pyridine rings is 1. The molecule has 17 heavy (non-hydrogen) atoms. The number of nitrogens with one attached hydrogen (secondary N) is 1. The molecule has 1 aromatic rings. The average Bonchev–Trinajstić information content (AvgIpc) is 2.28. The van der Waals surface area contributed by atoms with E-state index in [1.54, 1.807) is 12.1 Å². The van der Waals surface area contributed by atoms with Crippen molar-refractivity contribution in [3.63, 3.8) is 0 Å². The van der Waals surface area contributed by atoms with Crippen molar-refractivity contribution in [3.05, 3.63) is 41.2 Å². The first kappa shape index (κ1) is 13.4. The van der Waals surface area contributed by atoms with E-state index in [9.17, 15) is 9.59 Å². The monoisotopic (exact) mass is 298 g/mol. The van der Waals surface area contributed by atoms with Crippen LogP contribution in [0.15, 0.2) is 35.6 Å². The zero-order valence-corrected chi connectivity index (χ0v) is 10.5. The first-order valence-electron chi connectivity index (χ1n) is 4.81. The van der Waals surface area contributed by atoms with Gasteiger partial charge in [0, 0.05) is 6.20 Å². The number of nitrogens with zero attached hydrogens (tertiary/aromatic N) is 1. The van der Waals surface area contributed by atoms with Gasteiger partial charge < -0.3 is 10.4 Å². The summed E-state index contributed by atoms with van der Waals surface area (Å²) in [7, 11) is 0. The summed E-state index contributed by atoms with van der Waals surface area (Å²) in [6, 6.07) is 2.18. The first-order valence-corrected chi connectivity index (χ1v) is 5.60. The van der Waals surface area contributed by atoms with Crippen LogP contribution in [-0.4, -0.2) is 28.0 Å². The lowest BCUT2D eigenvalue weighted by molar-refractivity contribution is -0.139. The minimum Gasteiger partial charge on any atom is -0.480 e. The molecule has 0 aromatic carbocycles. The van der Waals surface area contributed by atoms with Gasteiger partial charge in [-0.25, -0.2) is 9.78 Å². The minimum atomic E-state index is -1.10. The van der Waals surface area contributed by atoms with Crippen LogP contribution < -0.4 is 5.32 Å². The number of carbonyl (C=O) groups is 2. The maximum atomic E-state index is 11.8. The molecule has 90 valence electrons. The molecule has 1 unspecified atom stereocenters. The third-order valence-electron chi connectivity index (χ3n) is 2.01. The van der Waals surface area contributed by atoms with E-state index in [2.05, 4.69) is 32.8 Å². The SMILES string of the molecule is C=CCC(NC(=O)c1cccnc1Br)C(=O)O. The Morgan fingerprint density at radius 3 is 2.88 bits per heavy atom. The second kappa shape index (κ2) is 6.15. The second-order valence-electron chi connectivity index (χ2n) is 3.23. The molecule has 0 bridgehead atoms. The molecule has 1 amide bonds. The summed E-state index contributed by atoms with van der Waals surface area (Å²) in [5.41, 5.74) is 0.294. The molecule has 0 saturated carbocycles. The minimum absolute atomic E-state index is 0.166. The number of carboxylic acids is 1. The highest BCUT2D eigenvalue weighted by molar-refractivity contribution is 9.10. The van der Waals surface area contributed by atoms with E-state index in [4.69, 9.17) is 5.11 Å². The van der Waals surface area contributed by atoms with Gasteiger partial charge in [-0.3, -0.25) is 4.79 Å². The van der Waals surface area contributed by atoms with Crippen molar-refractivity contribution in [3.8, 4) is 0 Å². The van der Waals surface area contributed by atoms with Gasteiger partial charge in [0.2, 0.25) is 0 Å².